The number of aliphatic hydroxyl groups excluding tert-OH is 1. The Labute approximate surface area is 264 Å². The zero-order valence-electron chi connectivity index (χ0n) is 25.5. The first-order chi connectivity index (χ1) is 22.0. The molecule has 0 bridgehead atoms. The number of rotatable bonds is 13. The second kappa shape index (κ2) is 16.6. The molecule has 2 fully saturated rings. The molecule has 3 atom stereocenters. The zero-order valence-corrected chi connectivity index (χ0v) is 25.5. The lowest BCUT2D eigenvalue weighted by Gasteiger charge is -2.39. The Morgan fingerprint density at radius 3 is 2.24 bits per heavy atom. The highest BCUT2D eigenvalue weighted by molar-refractivity contribution is 5.76. The van der Waals surface area contributed by atoms with Crippen LogP contribution in [0.2, 0.25) is 0 Å². The average molecular weight is 618 g/mol. The van der Waals surface area contributed by atoms with Crippen molar-refractivity contribution in [2.75, 3.05) is 32.8 Å². The number of morpholine rings is 1. The average Bonchev–Trinajstić information content (AvgIpc) is 3.09. The van der Waals surface area contributed by atoms with Gasteiger partial charge < -0.3 is 24.6 Å². The van der Waals surface area contributed by atoms with E-state index >= 15 is 0 Å². The van der Waals surface area contributed by atoms with Gasteiger partial charge in [-0.25, -0.2) is 5.48 Å². The highest BCUT2D eigenvalue weighted by Crippen LogP contribution is 2.38. The highest BCUT2D eigenvalue weighted by atomic mass is 16.7. The van der Waals surface area contributed by atoms with Gasteiger partial charge in [0, 0.05) is 51.0 Å². The van der Waals surface area contributed by atoms with Gasteiger partial charge in [0.05, 0.1) is 32.0 Å². The lowest BCUT2D eigenvalue weighted by atomic mass is 9.99. The van der Waals surface area contributed by atoms with E-state index in [4.69, 9.17) is 19.4 Å². The van der Waals surface area contributed by atoms with Crippen LogP contribution in [0.1, 0.15) is 66.8 Å². The van der Waals surface area contributed by atoms with E-state index in [2.05, 4.69) is 40.5 Å². The van der Waals surface area contributed by atoms with Crippen LogP contribution in [-0.2, 0) is 37.0 Å². The van der Waals surface area contributed by atoms with Gasteiger partial charge in [-0.3, -0.25) is 19.7 Å². The molecule has 5 rings (SSSR count). The summed E-state index contributed by atoms with van der Waals surface area (Å²) in [5.74, 6) is -0.516. The summed E-state index contributed by atoms with van der Waals surface area (Å²) in [4.78, 5) is 25.7. The molecule has 10 nitrogen and oxygen atoms in total. The molecule has 2 saturated heterocycles. The number of ether oxygens (including phenoxy) is 3. The maximum Gasteiger partial charge on any atom is 0.243 e. The summed E-state index contributed by atoms with van der Waals surface area (Å²) in [6.45, 7) is 4.50. The normalized spacial score (nSPS) is 20.4. The van der Waals surface area contributed by atoms with Crippen LogP contribution in [0.3, 0.4) is 0 Å². The Hall–Kier alpha value is -3.64. The molecule has 0 aliphatic carbocycles. The van der Waals surface area contributed by atoms with Crippen LogP contribution < -0.4 is 10.8 Å². The number of hydrogen-bond acceptors (Lipinski definition) is 8. The molecule has 0 spiro atoms. The molecule has 3 unspecified atom stereocenters. The first-order valence-corrected chi connectivity index (χ1v) is 15.7. The van der Waals surface area contributed by atoms with Crippen molar-refractivity contribution >= 4 is 11.8 Å². The summed E-state index contributed by atoms with van der Waals surface area (Å²) in [5.41, 5.74) is 7.57. The maximum absolute atomic E-state index is 12.2. The monoisotopic (exact) mass is 617 g/mol. The minimum absolute atomic E-state index is 0.00372. The number of nitrogens with zero attached hydrogens (tertiary/aromatic N) is 1. The first-order valence-electron chi connectivity index (χ1n) is 15.7. The molecule has 2 amide bonds. The zero-order chi connectivity index (χ0) is 31.4. The predicted molar refractivity (Wildman–Crippen MR) is 168 cm³/mol. The fourth-order valence-corrected chi connectivity index (χ4v) is 5.71. The van der Waals surface area contributed by atoms with Gasteiger partial charge in [-0.05, 0) is 46.7 Å². The molecular weight excluding hydrogens is 574 g/mol. The van der Waals surface area contributed by atoms with E-state index in [1.165, 1.54) is 0 Å². The quantitative estimate of drug-likeness (QED) is 0.126. The third-order valence-electron chi connectivity index (χ3n) is 8.30. The molecule has 0 radical (unpaired) electrons. The van der Waals surface area contributed by atoms with Gasteiger partial charge in [-0.1, -0.05) is 66.7 Å². The maximum atomic E-state index is 12.2. The van der Waals surface area contributed by atoms with E-state index in [1.54, 1.807) is 5.48 Å². The molecule has 0 saturated carbocycles. The molecule has 4 N–H and O–H groups in total. The van der Waals surface area contributed by atoms with Gasteiger partial charge in [0.25, 0.3) is 0 Å². The van der Waals surface area contributed by atoms with Crippen LogP contribution in [0.25, 0.3) is 11.1 Å². The van der Waals surface area contributed by atoms with Crippen LogP contribution in [0.15, 0.2) is 72.8 Å². The van der Waals surface area contributed by atoms with Crippen molar-refractivity contribution in [3.05, 3.63) is 95.1 Å². The van der Waals surface area contributed by atoms with Gasteiger partial charge in [-0.15, -0.1) is 0 Å². The number of nitrogens with one attached hydrogen (secondary N) is 2. The second-order valence-electron chi connectivity index (χ2n) is 11.6. The number of carbonyl (C=O) groups is 2. The first kappa shape index (κ1) is 32.7. The molecule has 3 aromatic rings. The SMILES string of the molecule is O=C(CCCCC(=O)NCc1cccc(-c2ccc(C3OC(CN4CCOCC4)CC(c4ccc(CO)cc4)O3)cc2)c1)NO. The molecular formula is C35H43N3O7. The lowest BCUT2D eigenvalue weighted by molar-refractivity contribution is -0.253. The van der Waals surface area contributed by atoms with E-state index in [1.807, 2.05) is 42.5 Å². The van der Waals surface area contributed by atoms with E-state index in [9.17, 15) is 14.7 Å². The van der Waals surface area contributed by atoms with Crippen LogP contribution in [0.4, 0.5) is 0 Å². The number of hydrogen-bond donors (Lipinski definition) is 4. The Balaban J connectivity index is 1.21. The Kier molecular flexibility index (Phi) is 12.1. The second-order valence-corrected chi connectivity index (χ2v) is 11.6. The summed E-state index contributed by atoms with van der Waals surface area (Å²) in [6.07, 6.45) is 1.73. The molecule has 3 aromatic carbocycles. The Morgan fingerprint density at radius 1 is 0.822 bits per heavy atom. The number of hydroxylamine groups is 1. The van der Waals surface area contributed by atoms with Gasteiger partial charge in [0.1, 0.15) is 0 Å². The standard InChI is InChI=1S/C35H43N3O7/c39-24-25-8-10-28(11-9-25)32-21-31(23-38-16-18-43-19-17-38)44-35(45-32)29-14-12-27(13-15-29)30-5-3-4-26(20-30)22-36-33(40)6-1-2-7-34(41)37-42/h3-5,8-15,20,31-32,35,39,42H,1-2,6-7,16-19,21-24H2,(H,36,40)(H,37,41). The summed E-state index contributed by atoms with van der Waals surface area (Å²) in [5, 5.41) is 21.0. The smallest absolute Gasteiger partial charge is 0.243 e. The van der Waals surface area contributed by atoms with Gasteiger partial charge >= 0.3 is 0 Å². The Morgan fingerprint density at radius 2 is 1.53 bits per heavy atom. The van der Waals surface area contributed by atoms with Crippen molar-refractivity contribution in [3.63, 3.8) is 0 Å². The Bertz CT molecular complexity index is 1380. The van der Waals surface area contributed by atoms with Crippen molar-refractivity contribution in [2.24, 2.45) is 0 Å². The fourth-order valence-electron chi connectivity index (χ4n) is 5.71. The van der Waals surface area contributed by atoms with Crippen LogP contribution in [0, 0.1) is 0 Å². The van der Waals surface area contributed by atoms with E-state index < -0.39 is 12.2 Å². The minimum atomic E-state index is -0.513. The fraction of sp³-hybridized carbons (Fsp3) is 0.429. The van der Waals surface area contributed by atoms with Crippen molar-refractivity contribution < 1.29 is 34.1 Å². The van der Waals surface area contributed by atoms with Crippen molar-refractivity contribution in [2.45, 2.75) is 63.8 Å². The van der Waals surface area contributed by atoms with Gasteiger partial charge in [0.2, 0.25) is 11.8 Å². The number of carbonyl (C=O) groups excluding carboxylic acids is 2. The molecule has 0 aromatic heterocycles. The van der Waals surface area contributed by atoms with Crippen LogP contribution in [0.5, 0.6) is 0 Å². The number of unbranched alkanes of at least 4 members (excludes halogenated alkanes) is 1. The largest absolute Gasteiger partial charge is 0.392 e. The van der Waals surface area contributed by atoms with Crippen molar-refractivity contribution in [1.82, 2.24) is 15.7 Å². The molecule has 45 heavy (non-hydrogen) atoms. The minimum Gasteiger partial charge on any atom is -0.392 e. The molecule has 10 heteroatoms. The summed E-state index contributed by atoms with van der Waals surface area (Å²) in [6, 6.07) is 24.3. The third kappa shape index (κ3) is 9.67. The number of amides is 2. The van der Waals surface area contributed by atoms with E-state index in [-0.39, 0.29) is 31.1 Å². The van der Waals surface area contributed by atoms with Crippen LogP contribution in [-0.4, -0.2) is 66.0 Å². The molecule has 2 aliphatic rings. The van der Waals surface area contributed by atoms with Crippen LogP contribution >= 0.6 is 0 Å². The predicted octanol–water partition coefficient (Wildman–Crippen LogP) is 4.41. The van der Waals surface area contributed by atoms with Gasteiger partial charge in [-0.2, -0.15) is 0 Å². The molecule has 240 valence electrons. The third-order valence-corrected chi connectivity index (χ3v) is 8.30. The molecule has 2 aliphatic heterocycles. The number of benzene rings is 3. The van der Waals surface area contributed by atoms with Crippen molar-refractivity contribution in [1.29, 1.82) is 0 Å². The topological polar surface area (TPSA) is 130 Å². The van der Waals surface area contributed by atoms with Crippen molar-refractivity contribution in [3.8, 4) is 11.1 Å². The summed E-state index contributed by atoms with van der Waals surface area (Å²) in [7, 11) is 0. The molecule has 2 heterocycles. The summed E-state index contributed by atoms with van der Waals surface area (Å²) < 4.78 is 18.6. The highest BCUT2D eigenvalue weighted by Gasteiger charge is 2.33. The lowest BCUT2D eigenvalue weighted by Crippen LogP contribution is -2.44. The summed E-state index contributed by atoms with van der Waals surface area (Å²) >= 11 is 0. The van der Waals surface area contributed by atoms with E-state index in [0.717, 1.165) is 72.6 Å². The number of aliphatic hydroxyl groups is 1. The van der Waals surface area contributed by atoms with E-state index in [0.29, 0.717) is 25.8 Å². The van der Waals surface area contributed by atoms with Gasteiger partial charge in [0.15, 0.2) is 6.29 Å².